The molecular weight excluding hydrogens is 1260 g/mol. The number of halogens is 3. The van der Waals surface area contributed by atoms with Crippen LogP contribution in [0.25, 0.3) is 93.4 Å². The lowest BCUT2D eigenvalue weighted by atomic mass is 10.1. The number of nitrogens with one attached hydrogen (secondary N) is 8. The fourth-order valence-electron chi connectivity index (χ4n) is 11.1. The predicted molar refractivity (Wildman–Crippen MR) is 401 cm³/mol. The number of nitrogens with zero attached hydrogens (tertiary/aromatic N) is 1. The van der Waals surface area contributed by atoms with Crippen LogP contribution < -0.4 is 0 Å². The van der Waals surface area contributed by atoms with Crippen LogP contribution in [-0.2, 0) is 19.3 Å². The Labute approximate surface area is 564 Å². The summed E-state index contributed by atoms with van der Waals surface area (Å²) in [6.07, 6.45) is 24.4. The summed E-state index contributed by atoms with van der Waals surface area (Å²) in [5.41, 5.74) is 17.1. The second-order valence-corrected chi connectivity index (χ2v) is 23.8. The van der Waals surface area contributed by atoms with Crippen molar-refractivity contribution in [2.45, 2.75) is 39.5 Å². The van der Waals surface area contributed by atoms with Crippen molar-refractivity contribution in [3.63, 3.8) is 0 Å². The number of pyridine rings is 1. The van der Waals surface area contributed by atoms with E-state index in [0.29, 0.717) is 11.1 Å². The average molecular weight is 1330 g/mol. The van der Waals surface area contributed by atoms with Gasteiger partial charge < -0.3 is 45.0 Å². The van der Waals surface area contributed by atoms with E-state index in [2.05, 4.69) is 220 Å². The maximum Gasteiger partial charge on any atom is 0.137 e. The van der Waals surface area contributed by atoms with E-state index in [9.17, 15) is 8.78 Å². The summed E-state index contributed by atoms with van der Waals surface area (Å²) < 4.78 is 26.4. The lowest BCUT2D eigenvalue weighted by Crippen LogP contribution is -1.77. The highest BCUT2D eigenvalue weighted by Crippen LogP contribution is 2.23. The summed E-state index contributed by atoms with van der Waals surface area (Å²) in [5.74, 6) is -0.0548. The van der Waals surface area contributed by atoms with Gasteiger partial charge in [-0.25, -0.2) is 13.8 Å². The first kappa shape index (κ1) is 65.8. The maximum atomic E-state index is 12.8. The minimum atomic E-state index is -0.188. The van der Waals surface area contributed by atoms with E-state index < -0.39 is 0 Å². The number of rotatable bonds is 0. The molecule has 0 spiro atoms. The predicted octanol–water partition coefficient (Wildman–Crippen LogP) is 22.5. The van der Waals surface area contributed by atoms with Gasteiger partial charge in [-0.1, -0.05) is 131 Å². The first-order chi connectivity index (χ1) is 47.0. The normalized spacial score (nSPS) is 11.2. The molecule has 0 saturated heterocycles. The molecule has 18 aromatic rings. The summed E-state index contributed by atoms with van der Waals surface area (Å²) >= 11 is 3.40. The van der Waals surface area contributed by atoms with Crippen LogP contribution in [0, 0.1) is 25.5 Å². The highest BCUT2D eigenvalue weighted by molar-refractivity contribution is 9.10. The fraction of sp³-hybridized carbons (Fsp3) is 0.0723. The van der Waals surface area contributed by atoms with Crippen molar-refractivity contribution in [3.05, 3.63) is 354 Å². The largest absolute Gasteiger partial charge is 0.508 e. The molecule has 10 nitrogen and oxygen atoms in total. The van der Waals surface area contributed by atoms with Gasteiger partial charge >= 0.3 is 0 Å². The standard InChI is InChI=1S/2C9H9N.C9H10.C9H8.C8H6BrN.2C8H6FN.C8H7NO.C8H7N.C7H6N2/c1-7-2-3-8-4-5-10-9(8)6-7;1-7-6-8-4-2-3-5-9(8)10-7;2*1-2-5-9-7-3-6-8(9)4-1;2*9-7-1-2-8-6(5-7)3-4-10-8;9-7-2-1-3-8-6(7)4-5-10-8;10-7-2-1-6-3-4-9-8(6)5-7;1-2-4-8-7(3-1)5-6-9-8;1-2-6-3-5-9-7(6)8-4-1/h2*2-6,10H,1H3;1-2,4-5H,3,6-7H2;1-6H,7H2;3*1-5,10H;1-5,9-10H;1-6,9H;1-5H,(H,8,9). The molecule has 0 bridgehead atoms. The Hall–Kier alpha value is -11.7. The summed E-state index contributed by atoms with van der Waals surface area (Å²) in [4.78, 5) is 28.7. The van der Waals surface area contributed by atoms with E-state index in [1.807, 2.05) is 97.7 Å². The number of hydrogen-bond donors (Lipinski definition) is 9. The molecule has 0 unspecified atom stereocenters. The van der Waals surface area contributed by atoms with E-state index >= 15 is 0 Å². The van der Waals surface area contributed by atoms with Crippen molar-refractivity contribution in [2.24, 2.45) is 0 Å². The quantitative estimate of drug-likeness (QED) is 0.0741. The van der Waals surface area contributed by atoms with Gasteiger partial charge in [-0.3, -0.25) is 0 Å². The number of aryl methyl sites for hydroxylation is 4. The Kier molecular flexibility index (Phi) is 22.8. The molecular formula is C83H74BrF2N9O. The van der Waals surface area contributed by atoms with Gasteiger partial charge in [0.2, 0.25) is 0 Å². The first-order valence-corrected chi connectivity index (χ1v) is 32.6. The molecule has 9 heterocycles. The Bertz CT molecular complexity index is 4920. The van der Waals surface area contributed by atoms with Crippen LogP contribution >= 0.6 is 15.9 Å². The molecule has 9 aromatic carbocycles. The number of para-hydroxylation sites is 2. The molecule has 96 heavy (non-hydrogen) atoms. The van der Waals surface area contributed by atoms with Gasteiger partial charge in [0.1, 0.15) is 23.0 Å². The van der Waals surface area contributed by atoms with E-state index in [1.54, 1.807) is 60.0 Å². The van der Waals surface area contributed by atoms with Crippen LogP contribution in [0.5, 0.6) is 5.75 Å². The number of aromatic amines is 8. The Morgan fingerprint density at radius 3 is 1.60 bits per heavy atom. The third kappa shape index (κ3) is 18.6. The zero-order chi connectivity index (χ0) is 66.3. The summed E-state index contributed by atoms with van der Waals surface area (Å²) in [6.45, 7) is 4.17. The SMILES string of the molecule is Brc1ccc2[nH]ccc2c1.C1=Cc2ccccc2C1.Cc1cc2ccccc2[nH]1.Cc1ccc2cc[nH]c2c1.Fc1ccc2[nH]ccc2c1.Fc1cccc2[nH]ccc12.Oc1ccc2cc[nH]c2c1.c1ccc2[nH]ccc2c1.c1ccc2c(c1)CCC2.c1cnc2[nH]ccc2c1. The number of allylic oxidation sites excluding steroid dienone is 1. The number of fused-ring (bicyclic) bond motifs is 10. The minimum absolute atomic E-state index is 0.168. The van der Waals surface area contributed by atoms with Crippen LogP contribution in [0.15, 0.2) is 309 Å². The topological polar surface area (TPSA) is 159 Å². The number of aromatic nitrogens is 9. The van der Waals surface area contributed by atoms with Crippen molar-refractivity contribution < 1.29 is 13.9 Å². The van der Waals surface area contributed by atoms with E-state index in [1.165, 1.54) is 103 Å². The number of H-pyrrole nitrogens is 8. The number of aromatic hydroxyl groups is 1. The zero-order valence-electron chi connectivity index (χ0n) is 53.3. The lowest BCUT2D eigenvalue weighted by molar-refractivity contribution is 0.476. The molecule has 0 atom stereocenters. The van der Waals surface area contributed by atoms with Gasteiger partial charge in [0.25, 0.3) is 0 Å². The summed E-state index contributed by atoms with van der Waals surface area (Å²) in [5, 5.41) is 18.0. The number of phenols is 1. The molecule has 478 valence electrons. The van der Waals surface area contributed by atoms with E-state index in [4.69, 9.17) is 5.11 Å². The summed E-state index contributed by atoms with van der Waals surface area (Å²) in [7, 11) is 0. The molecule has 2 aliphatic rings. The second-order valence-electron chi connectivity index (χ2n) is 22.9. The van der Waals surface area contributed by atoms with Gasteiger partial charge in [-0.15, -0.1) is 0 Å². The monoisotopic (exact) mass is 1330 g/mol. The Morgan fingerprint density at radius 1 is 0.396 bits per heavy atom. The van der Waals surface area contributed by atoms with Crippen molar-refractivity contribution >= 4 is 109 Å². The van der Waals surface area contributed by atoms with Crippen LogP contribution in [0.3, 0.4) is 0 Å². The number of hydrogen-bond acceptors (Lipinski definition) is 2. The lowest BCUT2D eigenvalue weighted by Gasteiger charge is -1.93. The molecule has 9 N–H and O–H groups in total. The minimum Gasteiger partial charge on any atom is -0.508 e. The fourth-order valence-corrected chi connectivity index (χ4v) is 11.5. The Morgan fingerprint density at radius 2 is 0.917 bits per heavy atom. The molecule has 0 fully saturated rings. The van der Waals surface area contributed by atoms with Crippen molar-refractivity contribution in [3.8, 4) is 5.75 Å². The van der Waals surface area contributed by atoms with Crippen molar-refractivity contribution in [2.75, 3.05) is 0 Å². The van der Waals surface area contributed by atoms with Crippen molar-refractivity contribution in [1.82, 2.24) is 44.9 Å². The molecule has 20 rings (SSSR count). The molecule has 0 saturated carbocycles. The molecule has 9 aromatic heterocycles. The molecule has 0 amide bonds. The highest BCUT2D eigenvalue weighted by atomic mass is 79.9. The van der Waals surface area contributed by atoms with Gasteiger partial charge in [0.05, 0.1) is 0 Å². The van der Waals surface area contributed by atoms with Gasteiger partial charge in [0.15, 0.2) is 0 Å². The van der Waals surface area contributed by atoms with Gasteiger partial charge in [-0.2, -0.15) is 0 Å². The first-order valence-electron chi connectivity index (χ1n) is 31.8. The third-order valence-electron chi connectivity index (χ3n) is 16.0. The molecule has 13 heteroatoms. The van der Waals surface area contributed by atoms with E-state index in [0.717, 1.165) is 49.2 Å². The third-order valence-corrected chi connectivity index (χ3v) is 16.5. The molecule has 0 radical (unpaired) electrons. The van der Waals surface area contributed by atoms with Gasteiger partial charge in [-0.05, 0) is 228 Å². The Balaban J connectivity index is 0.000000108. The number of phenolic OH excluding ortho intramolecular Hbond substituents is 1. The number of benzene rings is 9. The van der Waals surface area contributed by atoms with Crippen LogP contribution in [0.1, 0.15) is 39.9 Å². The second kappa shape index (κ2) is 33.3. The molecule has 0 aliphatic heterocycles. The van der Waals surface area contributed by atoms with Crippen LogP contribution in [0.2, 0.25) is 0 Å². The molecule has 2 aliphatic carbocycles. The highest BCUT2D eigenvalue weighted by Gasteiger charge is 2.08. The van der Waals surface area contributed by atoms with Crippen LogP contribution in [0.4, 0.5) is 8.78 Å². The average Bonchev–Trinajstić information content (AvgIpc) is 2.37. The van der Waals surface area contributed by atoms with E-state index in [-0.39, 0.29) is 11.6 Å². The van der Waals surface area contributed by atoms with Crippen LogP contribution in [-0.4, -0.2) is 50.0 Å². The maximum absolute atomic E-state index is 12.8. The summed E-state index contributed by atoms with van der Waals surface area (Å²) in [6, 6.07) is 81.1. The zero-order valence-corrected chi connectivity index (χ0v) is 54.9. The van der Waals surface area contributed by atoms with Gasteiger partial charge in [0, 0.05) is 126 Å². The van der Waals surface area contributed by atoms with Crippen molar-refractivity contribution in [1.29, 1.82) is 0 Å². The smallest absolute Gasteiger partial charge is 0.137 e.